The average Bonchev–Trinajstić information content (AvgIpc) is 2.03. The zero-order valence-electron chi connectivity index (χ0n) is 6.82. The summed E-state index contributed by atoms with van der Waals surface area (Å²) in [6.45, 7) is 1.90. The first-order chi connectivity index (χ1) is 5.54. The molecule has 1 saturated heterocycles. The van der Waals surface area contributed by atoms with Gasteiger partial charge in [0.1, 0.15) is 6.04 Å². The van der Waals surface area contributed by atoms with E-state index in [-0.39, 0.29) is 11.8 Å². The molecule has 0 aromatic rings. The van der Waals surface area contributed by atoms with Crippen LogP contribution in [0.3, 0.4) is 0 Å². The molecule has 2 atom stereocenters. The molecule has 72 valence electrons. The Balaban J connectivity index is 2.46. The fourth-order valence-electron chi connectivity index (χ4n) is 1.13. The maximum atomic E-state index is 12.2. The van der Waals surface area contributed by atoms with Crippen LogP contribution in [0, 0.1) is 0 Å². The molecule has 0 amide bonds. The van der Waals surface area contributed by atoms with E-state index in [2.05, 4.69) is 5.32 Å². The highest BCUT2D eigenvalue weighted by Gasteiger charge is 2.41. The maximum absolute atomic E-state index is 12.2. The average molecular weight is 199 g/mol. The molecule has 0 saturated carbocycles. The van der Waals surface area contributed by atoms with Crippen molar-refractivity contribution in [1.29, 1.82) is 0 Å². The second-order valence-corrected chi connectivity index (χ2v) is 3.98. The third kappa shape index (κ3) is 2.55. The summed E-state index contributed by atoms with van der Waals surface area (Å²) >= 11 is 1.38. The van der Waals surface area contributed by atoms with E-state index in [1.165, 1.54) is 11.8 Å². The van der Waals surface area contributed by atoms with E-state index in [4.69, 9.17) is 0 Å². The summed E-state index contributed by atoms with van der Waals surface area (Å²) in [6, 6.07) is -1.28. The molecule has 2 unspecified atom stereocenters. The Morgan fingerprint density at radius 1 is 1.42 bits per heavy atom. The van der Waals surface area contributed by atoms with E-state index in [0.717, 1.165) is 12.2 Å². The van der Waals surface area contributed by atoms with Crippen LogP contribution >= 0.6 is 11.8 Å². The van der Waals surface area contributed by atoms with Crippen LogP contribution in [0.15, 0.2) is 0 Å². The van der Waals surface area contributed by atoms with E-state index in [1.807, 2.05) is 6.92 Å². The third-order valence-corrected chi connectivity index (χ3v) is 3.14. The molecule has 12 heavy (non-hydrogen) atoms. The molecule has 1 heterocycles. The van der Waals surface area contributed by atoms with Gasteiger partial charge in [-0.15, -0.1) is 0 Å². The van der Waals surface area contributed by atoms with Crippen LogP contribution in [-0.4, -0.2) is 29.8 Å². The van der Waals surface area contributed by atoms with Crippen molar-refractivity contribution >= 4 is 11.8 Å². The highest BCUT2D eigenvalue weighted by atomic mass is 32.2. The van der Waals surface area contributed by atoms with Crippen molar-refractivity contribution in [3.63, 3.8) is 0 Å². The number of hydrogen-bond donors (Lipinski definition) is 1. The molecule has 0 bridgehead atoms. The zero-order valence-corrected chi connectivity index (χ0v) is 7.63. The van der Waals surface area contributed by atoms with Gasteiger partial charge in [0.2, 0.25) is 0 Å². The number of hydrogen-bond acceptors (Lipinski definition) is 2. The molecule has 1 nitrogen and oxygen atoms in total. The van der Waals surface area contributed by atoms with Gasteiger partial charge in [0.25, 0.3) is 0 Å². The smallest absolute Gasteiger partial charge is 0.302 e. The normalized spacial score (nSPS) is 32.0. The SMILES string of the molecule is CCC1CSCC(C(F)(F)F)N1. The predicted molar refractivity (Wildman–Crippen MR) is 44.4 cm³/mol. The first kappa shape index (κ1) is 10.2. The van der Waals surface area contributed by atoms with E-state index in [1.54, 1.807) is 0 Å². The summed E-state index contributed by atoms with van der Waals surface area (Å²) in [5.74, 6) is 0.948. The van der Waals surface area contributed by atoms with Gasteiger partial charge in [-0.1, -0.05) is 6.92 Å². The fourth-order valence-corrected chi connectivity index (χ4v) is 2.41. The lowest BCUT2D eigenvalue weighted by molar-refractivity contribution is -0.152. The lowest BCUT2D eigenvalue weighted by Gasteiger charge is -2.31. The molecule has 1 fully saturated rings. The monoisotopic (exact) mass is 199 g/mol. The summed E-state index contributed by atoms with van der Waals surface area (Å²) in [4.78, 5) is 0. The summed E-state index contributed by atoms with van der Waals surface area (Å²) in [7, 11) is 0. The molecule has 1 aliphatic heterocycles. The Bertz CT molecular complexity index is 148. The lowest BCUT2D eigenvalue weighted by atomic mass is 10.2. The van der Waals surface area contributed by atoms with Crippen LogP contribution in [0.5, 0.6) is 0 Å². The second-order valence-electron chi connectivity index (χ2n) is 2.90. The molecule has 0 aromatic carbocycles. The summed E-state index contributed by atoms with van der Waals surface area (Å²) in [5, 5.41) is 2.60. The molecular formula is C7H12F3NS. The molecule has 1 aliphatic rings. The van der Waals surface area contributed by atoms with Gasteiger partial charge in [-0.2, -0.15) is 24.9 Å². The quantitative estimate of drug-likeness (QED) is 0.693. The highest BCUT2D eigenvalue weighted by molar-refractivity contribution is 7.99. The predicted octanol–water partition coefficient (Wildman–Crippen LogP) is 2.03. The number of nitrogens with one attached hydrogen (secondary N) is 1. The van der Waals surface area contributed by atoms with Crippen molar-refractivity contribution in [3.8, 4) is 0 Å². The van der Waals surface area contributed by atoms with Gasteiger partial charge in [-0.3, -0.25) is 0 Å². The second kappa shape index (κ2) is 3.87. The Kier molecular flexibility index (Phi) is 3.29. The van der Waals surface area contributed by atoms with Crippen molar-refractivity contribution in [2.45, 2.75) is 31.6 Å². The number of alkyl halides is 3. The van der Waals surface area contributed by atoms with Crippen LogP contribution in [0.4, 0.5) is 13.2 Å². The van der Waals surface area contributed by atoms with E-state index in [9.17, 15) is 13.2 Å². The largest absolute Gasteiger partial charge is 0.404 e. The fraction of sp³-hybridized carbons (Fsp3) is 1.00. The molecule has 0 aliphatic carbocycles. The van der Waals surface area contributed by atoms with Crippen LogP contribution < -0.4 is 5.32 Å². The van der Waals surface area contributed by atoms with Crippen molar-refractivity contribution in [1.82, 2.24) is 5.32 Å². The molecule has 1 N–H and O–H groups in total. The van der Waals surface area contributed by atoms with E-state index in [0.29, 0.717) is 0 Å². The minimum atomic E-state index is -4.08. The third-order valence-electron chi connectivity index (χ3n) is 1.93. The maximum Gasteiger partial charge on any atom is 0.404 e. The van der Waals surface area contributed by atoms with Gasteiger partial charge >= 0.3 is 6.18 Å². The van der Waals surface area contributed by atoms with Crippen molar-refractivity contribution in [3.05, 3.63) is 0 Å². The summed E-state index contributed by atoms with van der Waals surface area (Å²) in [5.41, 5.74) is 0. The number of thioether (sulfide) groups is 1. The van der Waals surface area contributed by atoms with Gasteiger partial charge < -0.3 is 5.32 Å². The number of halogens is 3. The Hall–Kier alpha value is 0.1000. The highest BCUT2D eigenvalue weighted by Crippen LogP contribution is 2.27. The minimum absolute atomic E-state index is 0.0235. The number of rotatable bonds is 1. The lowest BCUT2D eigenvalue weighted by Crippen LogP contribution is -2.52. The van der Waals surface area contributed by atoms with Gasteiger partial charge in [0.15, 0.2) is 0 Å². The molecule has 0 spiro atoms. The first-order valence-corrected chi connectivity index (χ1v) is 5.10. The van der Waals surface area contributed by atoms with Crippen LogP contribution in [-0.2, 0) is 0 Å². The Morgan fingerprint density at radius 2 is 2.08 bits per heavy atom. The van der Waals surface area contributed by atoms with Crippen molar-refractivity contribution < 1.29 is 13.2 Å². The molecular weight excluding hydrogens is 187 g/mol. The van der Waals surface area contributed by atoms with Crippen LogP contribution in [0.25, 0.3) is 0 Å². The zero-order chi connectivity index (χ0) is 9.19. The van der Waals surface area contributed by atoms with Crippen LogP contribution in [0.2, 0.25) is 0 Å². The van der Waals surface area contributed by atoms with Crippen LogP contribution in [0.1, 0.15) is 13.3 Å². The molecule has 1 rings (SSSR count). The van der Waals surface area contributed by atoms with Gasteiger partial charge in [-0.25, -0.2) is 0 Å². The van der Waals surface area contributed by atoms with Gasteiger partial charge in [0, 0.05) is 17.5 Å². The summed E-state index contributed by atoms with van der Waals surface area (Å²) < 4.78 is 36.5. The molecule has 5 heteroatoms. The standard InChI is InChI=1S/C7H12F3NS/c1-2-5-3-12-4-6(11-5)7(8,9)10/h5-6,11H,2-4H2,1H3. The summed E-state index contributed by atoms with van der Waals surface area (Å²) in [6.07, 6.45) is -3.32. The Morgan fingerprint density at radius 3 is 2.58 bits per heavy atom. The Labute approximate surface area is 74.1 Å². The first-order valence-electron chi connectivity index (χ1n) is 3.94. The van der Waals surface area contributed by atoms with E-state index < -0.39 is 12.2 Å². The van der Waals surface area contributed by atoms with Crippen molar-refractivity contribution in [2.75, 3.05) is 11.5 Å². The molecule has 0 aromatic heterocycles. The van der Waals surface area contributed by atoms with E-state index >= 15 is 0 Å². The minimum Gasteiger partial charge on any atom is -0.302 e. The van der Waals surface area contributed by atoms with Crippen molar-refractivity contribution in [2.24, 2.45) is 0 Å². The van der Waals surface area contributed by atoms with Gasteiger partial charge in [-0.05, 0) is 6.42 Å². The van der Waals surface area contributed by atoms with Gasteiger partial charge in [0.05, 0.1) is 0 Å². The topological polar surface area (TPSA) is 12.0 Å². The molecule has 0 radical (unpaired) electrons.